The molecule has 0 aliphatic carbocycles. The van der Waals surface area contributed by atoms with Crippen molar-refractivity contribution in [2.75, 3.05) is 13.6 Å². The first kappa shape index (κ1) is 12.1. The van der Waals surface area contributed by atoms with Gasteiger partial charge in [-0.2, -0.15) is 0 Å². The Morgan fingerprint density at radius 1 is 1.59 bits per heavy atom. The number of piperidine rings is 1. The second kappa shape index (κ2) is 4.87. The summed E-state index contributed by atoms with van der Waals surface area (Å²) in [5.41, 5.74) is -0.403. The van der Waals surface area contributed by atoms with Crippen molar-refractivity contribution in [2.45, 2.75) is 38.3 Å². The van der Waals surface area contributed by atoms with Crippen LogP contribution in [0.4, 0.5) is 0 Å². The van der Waals surface area contributed by atoms with Crippen molar-refractivity contribution in [3.8, 4) is 0 Å². The summed E-state index contributed by atoms with van der Waals surface area (Å²) in [5, 5.41) is 3.33. The Kier molecular flexibility index (Phi) is 3.47. The van der Waals surface area contributed by atoms with Crippen LogP contribution in [0.25, 0.3) is 0 Å². The van der Waals surface area contributed by atoms with Gasteiger partial charge < -0.3 is 15.2 Å². The second-order valence-corrected chi connectivity index (χ2v) is 4.91. The number of aromatic nitrogens is 2. The highest BCUT2D eigenvalue weighted by Gasteiger charge is 2.36. The molecule has 0 spiro atoms. The van der Waals surface area contributed by atoms with E-state index in [1.165, 1.54) is 0 Å². The predicted molar refractivity (Wildman–Crippen MR) is 65.3 cm³/mol. The minimum Gasteiger partial charge on any atom is -0.347 e. The number of hydrogen-bond acceptors (Lipinski definition) is 3. The molecule has 2 N–H and O–H groups in total. The first-order valence-corrected chi connectivity index (χ1v) is 6.11. The Morgan fingerprint density at radius 3 is 3.00 bits per heavy atom. The molecule has 2 rings (SSSR count). The molecule has 0 radical (unpaired) electrons. The fourth-order valence-electron chi connectivity index (χ4n) is 2.34. The van der Waals surface area contributed by atoms with Gasteiger partial charge in [0.25, 0.3) is 0 Å². The van der Waals surface area contributed by atoms with Gasteiger partial charge in [0.1, 0.15) is 5.82 Å². The van der Waals surface area contributed by atoms with Crippen LogP contribution in [-0.2, 0) is 11.3 Å². The summed E-state index contributed by atoms with van der Waals surface area (Å²) < 4.78 is 0. The first-order valence-electron chi connectivity index (χ1n) is 6.11. The van der Waals surface area contributed by atoms with Gasteiger partial charge in [-0.25, -0.2) is 4.98 Å². The van der Waals surface area contributed by atoms with Crippen molar-refractivity contribution in [1.82, 2.24) is 20.2 Å². The fourth-order valence-corrected chi connectivity index (χ4v) is 2.34. The van der Waals surface area contributed by atoms with E-state index in [-0.39, 0.29) is 5.91 Å². The lowest BCUT2D eigenvalue weighted by molar-refractivity contribution is -0.138. The minimum absolute atomic E-state index is 0.147. The van der Waals surface area contributed by atoms with E-state index >= 15 is 0 Å². The molecule has 1 unspecified atom stereocenters. The van der Waals surface area contributed by atoms with Crippen LogP contribution >= 0.6 is 0 Å². The van der Waals surface area contributed by atoms with Gasteiger partial charge in [0.2, 0.25) is 5.91 Å². The third-order valence-electron chi connectivity index (χ3n) is 3.38. The average Bonchev–Trinajstić information content (AvgIpc) is 2.81. The Labute approximate surface area is 102 Å². The number of nitrogens with zero attached hydrogens (tertiary/aromatic N) is 2. The molecular formula is C12H20N4O. The molecule has 1 aliphatic heterocycles. The smallest absolute Gasteiger partial charge is 0.242 e. The molecule has 1 aromatic rings. The largest absolute Gasteiger partial charge is 0.347 e. The Balaban J connectivity index is 1.98. The number of rotatable bonds is 3. The van der Waals surface area contributed by atoms with E-state index in [1.54, 1.807) is 17.3 Å². The normalized spacial score (nSPS) is 24.6. The third-order valence-corrected chi connectivity index (χ3v) is 3.38. The van der Waals surface area contributed by atoms with Crippen molar-refractivity contribution >= 4 is 5.91 Å². The van der Waals surface area contributed by atoms with Gasteiger partial charge in [-0.1, -0.05) is 0 Å². The summed E-state index contributed by atoms with van der Waals surface area (Å²) in [5.74, 6) is 0.967. The molecule has 17 heavy (non-hydrogen) atoms. The predicted octanol–water partition coefficient (Wildman–Crippen LogP) is 0.900. The summed E-state index contributed by atoms with van der Waals surface area (Å²) >= 11 is 0. The van der Waals surface area contributed by atoms with E-state index < -0.39 is 5.54 Å². The maximum Gasteiger partial charge on any atom is 0.242 e. The molecule has 1 aliphatic rings. The highest BCUT2D eigenvalue weighted by Crippen LogP contribution is 2.21. The molecular weight excluding hydrogens is 216 g/mol. The van der Waals surface area contributed by atoms with Crippen molar-refractivity contribution in [1.29, 1.82) is 0 Å². The minimum atomic E-state index is -0.403. The molecule has 1 atom stereocenters. The zero-order chi connectivity index (χ0) is 12.3. The number of H-pyrrole nitrogens is 1. The highest BCUT2D eigenvalue weighted by molar-refractivity contribution is 5.85. The third kappa shape index (κ3) is 2.66. The summed E-state index contributed by atoms with van der Waals surface area (Å²) in [4.78, 5) is 21.3. The fraction of sp³-hybridized carbons (Fsp3) is 0.667. The maximum absolute atomic E-state index is 12.4. The molecule has 1 aromatic heterocycles. The number of likely N-dealkylation sites (N-methyl/N-ethyl adjacent to an activating group) is 1. The topological polar surface area (TPSA) is 61.0 Å². The zero-order valence-electron chi connectivity index (χ0n) is 10.5. The van der Waals surface area contributed by atoms with Crippen molar-refractivity contribution in [3.63, 3.8) is 0 Å². The molecule has 1 amide bonds. The van der Waals surface area contributed by atoms with Gasteiger partial charge in [-0.05, 0) is 32.7 Å². The van der Waals surface area contributed by atoms with Crippen LogP contribution in [0.5, 0.6) is 0 Å². The van der Waals surface area contributed by atoms with Crippen LogP contribution in [0, 0.1) is 0 Å². The number of imidazole rings is 1. The van der Waals surface area contributed by atoms with Gasteiger partial charge >= 0.3 is 0 Å². The first-order chi connectivity index (χ1) is 8.12. The maximum atomic E-state index is 12.4. The van der Waals surface area contributed by atoms with Crippen molar-refractivity contribution in [2.24, 2.45) is 0 Å². The van der Waals surface area contributed by atoms with Crippen LogP contribution in [0.2, 0.25) is 0 Å². The molecule has 5 nitrogen and oxygen atoms in total. The molecule has 0 aromatic carbocycles. The number of amides is 1. The number of nitrogens with one attached hydrogen (secondary N) is 2. The summed E-state index contributed by atoms with van der Waals surface area (Å²) in [6.07, 6.45) is 6.66. The molecule has 0 saturated carbocycles. The van der Waals surface area contributed by atoms with Gasteiger partial charge in [0, 0.05) is 19.4 Å². The zero-order valence-corrected chi connectivity index (χ0v) is 10.5. The van der Waals surface area contributed by atoms with Crippen LogP contribution in [0.15, 0.2) is 12.4 Å². The van der Waals surface area contributed by atoms with Crippen LogP contribution < -0.4 is 5.32 Å². The van der Waals surface area contributed by atoms with Crippen LogP contribution in [-0.4, -0.2) is 39.9 Å². The lowest BCUT2D eigenvalue weighted by atomic mass is 9.89. The van der Waals surface area contributed by atoms with E-state index in [4.69, 9.17) is 0 Å². The number of aromatic amines is 1. The number of hydrogen-bond donors (Lipinski definition) is 2. The second-order valence-electron chi connectivity index (χ2n) is 4.91. The summed E-state index contributed by atoms with van der Waals surface area (Å²) in [6, 6.07) is 0. The van der Waals surface area contributed by atoms with Gasteiger partial charge in [0.15, 0.2) is 0 Å². The molecule has 94 valence electrons. The molecule has 1 fully saturated rings. The van der Waals surface area contributed by atoms with Crippen LogP contribution in [0.1, 0.15) is 32.0 Å². The molecule has 0 bridgehead atoms. The van der Waals surface area contributed by atoms with E-state index in [0.29, 0.717) is 6.54 Å². The van der Waals surface area contributed by atoms with Gasteiger partial charge in [-0.15, -0.1) is 0 Å². The number of carbonyl (C=O) groups is 1. The average molecular weight is 236 g/mol. The van der Waals surface area contributed by atoms with E-state index in [1.807, 2.05) is 14.0 Å². The van der Waals surface area contributed by atoms with Gasteiger partial charge in [0.05, 0.1) is 12.1 Å². The monoisotopic (exact) mass is 236 g/mol. The molecule has 5 heteroatoms. The standard InChI is InChI=1S/C12H20N4O/c1-12(5-3-4-6-15-12)11(17)16(2)9-10-13-7-8-14-10/h7-8,15H,3-6,9H2,1-2H3,(H,13,14). The Morgan fingerprint density at radius 2 is 2.41 bits per heavy atom. The van der Waals surface area contributed by atoms with Crippen molar-refractivity contribution < 1.29 is 4.79 Å². The quantitative estimate of drug-likeness (QED) is 0.819. The lowest BCUT2D eigenvalue weighted by Gasteiger charge is -2.36. The van der Waals surface area contributed by atoms with E-state index in [0.717, 1.165) is 31.6 Å². The Hall–Kier alpha value is -1.36. The van der Waals surface area contributed by atoms with E-state index in [9.17, 15) is 4.79 Å². The van der Waals surface area contributed by atoms with Gasteiger partial charge in [-0.3, -0.25) is 4.79 Å². The highest BCUT2D eigenvalue weighted by atomic mass is 16.2. The van der Waals surface area contributed by atoms with Crippen LogP contribution in [0.3, 0.4) is 0 Å². The number of carbonyl (C=O) groups excluding carboxylic acids is 1. The van der Waals surface area contributed by atoms with Crippen molar-refractivity contribution in [3.05, 3.63) is 18.2 Å². The summed E-state index contributed by atoms with van der Waals surface area (Å²) in [7, 11) is 1.83. The van der Waals surface area contributed by atoms with E-state index in [2.05, 4.69) is 15.3 Å². The Bertz CT molecular complexity index is 368. The lowest BCUT2D eigenvalue weighted by Crippen LogP contribution is -2.57. The summed E-state index contributed by atoms with van der Waals surface area (Å²) in [6.45, 7) is 3.45. The molecule has 2 heterocycles. The molecule has 1 saturated heterocycles. The SMILES string of the molecule is CN(Cc1ncc[nH]1)C(=O)C1(C)CCCCN1.